The Morgan fingerprint density at radius 3 is 2.53 bits per heavy atom. The van der Waals surface area contributed by atoms with Gasteiger partial charge in [0, 0.05) is 23.2 Å². The number of aromatic nitrogens is 2. The molecule has 11 heteroatoms. The zero-order valence-electron chi connectivity index (χ0n) is 23.9. The van der Waals surface area contributed by atoms with Gasteiger partial charge >= 0.3 is 12.1 Å². The van der Waals surface area contributed by atoms with Gasteiger partial charge in [0.15, 0.2) is 17.2 Å². The molecule has 0 saturated carbocycles. The van der Waals surface area contributed by atoms with Crippen LogP contribution < -0.4 is 5.32 Å². The van der Waals surface area contributed by atoms with E-state index >= 15 is 0 Å². The van der Waals surface area contributed by atoms with Crippen molar-refractivity contribution in [2.75, 3.05) is 19.7 Å². The van der Waals surface area contributed by atoms with Crippen molar-refractivity contribution in [1.29, 1.82) is 0 Å². The molecule has 8 nitrogen and oxygen atoms in total. The molecule has 0 amide bonds. The highest BCUT2D eigenvalue weighted by Crippen LogP contribution is 2.47. The summed E-state index contributed by atoms with van der Waals surface area (Å²) in [6.07, 6.45) is -1.96. The number of fused-ring (bicyclic) bond motifs is 3. The Morgan fingerprint density at radius 2 is 1.84 bits per heavy atom. The van der Waals surface area contributed by atoms with Crippen LogP contribution in [0.25, 0.3) is 34.0 Å². The van der Waals surface area contributed by atoms with Gasteiger partial charge in [0.1, 0.15) is 23.5 Å². The highest BCUT2D eigenvalue weighted by molar-refractivity contribution is 5.80. The molecule has 0 bridgehead atoms. The topological polar surface area (TPSA) is 111 Å². The number of esters is 1. The number of nitrogens with one attached hydrogen (secondary N) is 1. The predicted molar refractivity (Wildman–Crippen MR) is 151 cm³/mol. The van der Waals surface area contributed by atoms with Crippen LogP contribution in [0.15, 0.2) is 51.5 Å². The number of carbonyl (C=O) groups is 1. The van der Waals surface area contributed by atoms with Crippen LogP contribution in [0.2, 0.25) is 0 Å². The normalized spacial score (nSPS) is 18.0. The molecule has 226 valence electrons. The summed E-state index contributed by atoms with van der Waals surface area (Å²) in [7, 11) is 0. The molecule has 2 N–H and O–H groups in total. The number of halogens is 3. The molecular formula is C32H32F3N3O5. The fourth-order valence-electron chi connectivity index (χ4n) is 6.11. The maximum atomic E-state index is 14.3. The second-order valence-corrected chi connectivity index (χ2v) is 11.3. The lowest BCUT2D eigenvalue weighted by Crippen LogP contribution is -2.38. The van der Waals surface area contributed by atoms with E-state index in [1.807, 2.05) is 26.0 Å². The summed E-state index contributed by atoms with van der Waals surface area (Å²) < 4.78 is 59.4. The minimum atomic E-state index is -4.75. The first-order valence-electron chi connectivity index (χ1n) is 14.5. The predicted octanol–water partition coefficient (Wildman–Crippen LogP) is 6.23. The van der Waals surface area contributed by atoms with Crippen LogP contribution in [-0.4, -0.2) is 41.1 Å². The van der Waals surface area contributed by atoms with E-state index in [9.17, 15) is 23.1 Å². The molecule has 2 unspecified atom stereocenters. The Morgan fingerprint density at radius 1 is 1.09 bits per heavy atom. The number of nitrogens with zero attached hydrogens (tertiary/aromatic N) is 2. The standard InChI is InChI=1S/C32H32F3N3O5/c1-3-31(40,17-41-30(39)21-10-7-13-36-16-21)24-15-20-11-12-22-26(23(20)14-18(24)2)37-43-29(22)27-25(32(33,34)35)28(42-38-27)19-8-5-4-6-9-19/h4-6,8-9,14-15,21,36,40H,3,7,10-13,16-17H2,1-2H3. The quantitative estimate of drug-likeness (QED) is 0.242. The summed E-state index contributed by atoms with van der Waals surface area (Å²) in [6.45, 7) is 4.94. The van der Waals surface area contributed by atoms with Gasteiger partial charge in [-0.05, 0) is 68.3 Å². The molecule has 6 rings (SSSR count). The highest BCUT2D eigenvalue weighted by Gasteiger charge is 2.43. The lowest BCUT2D eigenvalue weighted by atomic mass is 9.81. The molecule has 3 heterocycles. The summed E-state index contributed by atoms with van der Waals surface area (Å²) in [4.78, 5) is 12.7. The van der Waals surface area contributed by atoms with E-state index < -0.39 is 23.0 Å². The molecule has 1 fully saturated rings. The van der Waals surface area contributed by atoms with Crippen molar-refractivity contribution in [2.45, 2.75) is 57.7 Å². The Labute approximate surface area is 246 Å². The van der Waals surface area contributed by atoms with Crippen LogP contribution in [0.5, 0.6) is 0 Å². The third kappa shape index (κ3) is 5.36. The first-order chi connectivity index (χ1) is 20.6. The third-order valence-corrected chi connectivity index (χ3v) is 8.53. The Kier molecular flexibility index (Phi) is 7.64. The van der Waals surface area contributed by atoms with E-state index in [0.29, 0.717) is 48.2 Å². The number of rotatable bonds is 7. The number of piperidine rings is 1. The SMILES string of the molecule is CCC(O)(COC(=O)C1CCCNC1)c1cc2c(cc1C)-c1noc(-c3noc(-c4ccccc4)c3C(F)(F)F)c1CC2. The number of aryl methyl sites for hydroxylation is 2. The van der Waals surface area contributed by atoms with Crippen molar-refractivity contribution >= 4 is 5.97 Å². The second-order valence-electron chi connectivity index (χ2n) is 11.3. The molecule has 1 saturated heterocycles. The zero-order chi connectivity index (χ0) is 30.4. The van der Waals surface area contributed by atoms with E-state index in [1.165, 1.54) is 12.1 Å². The molecule has 2 aromatic carbocycles. The second kappa shape index (κ2) is 11.3. The van der Waals surface area contributed by atoms with Crippen molar-refractivity contribution in [3.05, 3.63) is 70.3 Å². The smallest absolute Gasteiger partial charge is 0.422 e. The van der Waals surface area contributed by atoms with Crippen LogP contribution in [0.4, 0.5) is 13.2 Å². The van der Waals surface area contributed by atoms with Gasteiger partial charge < -0.3 is 24.2 Å². The highest BCUT2D eigenvalue weighted by atomic mass is 19.4. The molecular weight excluding hydrogens is 563 g/mol. The van der Waals surface area contributed by atoms with Crippen LogP contribution in [0.3, 0.4) is 0 Å². The molecule has 4 aromatic rings. The Balaban J connectivity index is 1.32. The molecule has 2 aromatic heterocycles. The molecule has 0 spiro atoms. The number of hydrogen-bond acceptors (Lipinski definition) is 8. The largest absolute Gasteiger partial charge is 0.462 e. The zero-order valence-corrected chi connectivity index (χ0v) is 23.9. The summed E-state index contributed by atoms with van der Waals surface area (Å²) in [5.41, 5.74) is 1.29. The maximum Gasteiger partial charge on any atom is 0.422 e. The van der Waals surface area contributed by atoms with E-state index in [0.717, 1.165) is 30.5 Å². The molecule has 43 heavy (non-hydrogen) atoms. The first kappa shape index (κ1) is 29.1. The average molecular weight is 596 g/mol. The van der Waals surface area contributed by atoms with E-state index in [1.54, 1.807) is 18.2 Å². The maximum absolute atomic E-state index is 14.3. The number of benzene rings is 2. The summed E-state index contributed by atoms with van der Waals surface area (Å²) >= 11 is 0. The molecule has 2 aliphatic rings. The summed E-state index contributed by atoms with van der Waals surface area (Å²) in [5.74, 6) is -1.01. The molecule has 1 aliphatic carbocycles. The van der Waals surface area contributed by atoms with Crippen molar-refractivity contribution in [3.8, 4) is 34.0 Å². The van der Waals surface area contributed by atoms with Crippen molar-refractivity contribution in [2.24, 2.45) is 5.92 Å². The molecule has 2 atom stereocenters. The fourth-order valence-corrected chi connectivity index (χ4v) is 6.11. The fraction of sp³-hybridized carbons (Fsp3) is 0.406. The number of hydrogen-bond donors (Lipinski definition) is 2. The summed E-state index contributed by atoms with van der Waals surface area (Å²) in [5, 5.41) is 22.8. The van der Waals surface area contributed by atoms with Gasteiger partial charge in [0.05, 0.1) is 5.92 Å². The van der Waals surface area contributed by atoms with Crippen LogP contribution >= 0.6 is 0 Å². The van der Waals surface area contributed by atoms with Crippen molar-refractivity contribution < 1.29 is 36.9 Å². The van der Waals surface area contributed by atoms with E-state index in [2.05, 4.69) is 15.6 Å². The van der Waals surface area contributed by atoms with E-state index in [-0.39, 0.29) is 35.6 Å². The van der Waals surface area contributed by atoms with Crippen LogP contribution in [0, 0.1) is 12.8 Å². The van der Waals surface area contributed by atoms with E-state index in [4.69, 9.17) is 13.8 Å². The van der Waals surface area contributed by atoms with Crippen LogP contribution in [0.1, 0.15) is 54.0 Å². The van der Waals surface area contributed by atoms with Gasteiger partial charge in [0.2, 0.25) is 0 Å². The summed E-state index contributed by atoms with van der Waals surface area (Å²) in [6, 6.07) is 11.7. The third-order valence-electron chi connectivity index (χ3n) is 8.53. The molecule has 1 aliphatic heterocycles. The van der Waals surface area contributed by atoms with Gasteiger partial charge in [-0.1, -0.05) is 53.6 Å². The first-order valence-corrected chi connectivity index (χ1v) is 14.5. The van der Waals surface area contributed by atoms with Gasteiger partial charge in [0.25, 0.3) is 0 Å². The van der Waals surface area contributed by atoms with Crippen molar-refractivity contribution in [3.63, 3.8) is 0 Å². The van der Waals surface area contributed by atoms with Gasteiger partial charge in [-0.3, -0.25) is 4.79 Å². The van der Waals surface area contributed by atoms with Gasteiger partial charge in [-0.2, -0.15) is 13.2 Å². The molecule has 0 radical (unpaired) electrons. The number of alkyl halides is 3. The van der Waals surface area contributed by atoms with Gasteiger partial charge in [-0.25, -0.2) is 0 Å². The lowest BCUT2D eigenvalue weighted by Gasteiger charge is -2.31. The number of carbonyl (C=O) groups excluding carboxylic acids is 1. The van der Waals surface area contributed by atoms with Crippen molar-refractivity contribution in [1.82, 2.24) is 15.6 Å². The monoisotopic (exact) mass is 595 g/mol. The Hall–Kier alpha value is -3.96. The van der Waals surface area contributed by atoms with Gasteiger partial charge in [-0.15, -0.1) is 0 Å². The average Bonchev–Trinajstić information content (AvgIpc) is 3.65. The number of ether oxygens (including phenoxy) is 1. The van der Waals surface area contributed by atoms with Crippen LogP contribution in [-0.2, 0) is 34.2 Å². The lowest BCUT2D eigenvalue weighted by molar-refractivity contribution is -0.158. The Bertz CT molecular complexity index is 1640. The number of aliphatic hydroxyl groups is 1. The minimum absolute atomic E-state index is 0.0742. The minimum Gasteiger partial charge on any atom is -0.462 e.